The van der Waals surface area contributed by atoms with Crippen molar-refractivity contribution < 1.29 is 14.0 Å². The van der Waals surface area contributed by atoms with Crippen LogP contribution >= 0.6 is 22.9 Å². The molecule has 2 N–H and O–H groups in total. The number of hydrogen-bond donors (Lipinski definition) is 2. The molecule has 1 saturated heterocycles. The van der Waals surface area contributed by atoms with Crippen molar-refractivity contribution in [1.82, 2.24) is 20.5 Å². The minimum absolute atomic E-state index is 0.0615. The van der Waals surface area contributed by atoms with Crippen molar-refractivity contribution in [3.8, 4) is 0 Å². The van der Waals surface area contributed by atoms with E-state index in [1.165, 1.54) is 51.4 Å². The van der Waals surface area contributed by atoms with Gasteiger partial charge < -0.3 is 24.9 Å². The molecule has 226 valence electrons. The van der Waals surface area contributed by atoms with Crippen LogP contribution in [0.5, 0.6) is 0 Å². The summed E-state index contributed by atoms with van der Waals surface area (Å²) >= 11 is 7.79. The van der Waals surface area contributed by atoms with Crippen molar-refractivity contribution >= 4 is 51.9 Å². The van der Waals surface area contributed by atoms with Crippen molar-refractivity contribution in [2.45, 2.75) is 95.3 Å². The van der Waals surface area contributed by atoms with E-state index >= 15 is 0 Å². The maximum Gasteiger partial charge on any atom is 0.298 e. The number of fused-ring (bicyclic) bond motifs is 1. The lowest BCUT2D eigenvalue weighted by Crippen LogP contribution is -2.64. The van der Waals surface area contributed by atoms with Crippen molar-refractivity contribution in [1.29, 1.82) is 0 Å². The molecule has 3 fully saturated rings. The molecule has 10 heteroatoms. The molecule has 1 aliphatic heterocycles. The minimum Gasteiger partial charge on any atom is -0.423 e. The SMILES string of the molecule is O=C(NCc1cccs1)[C@@H]1CN(c2nc3cc(Cl)ccc3o2)CCN1C(=O)[C@@H](CC1CCCCC1)NC1CCCCC1. The van der Waals surface area contributed by atoms with Gasteiger partial charge in [-0.2, -0.15) is 4.98 Å². The number of nitrogens with one attached hydrogen (secondary N) is 2. The van der Waals surface area contributed by atoms with E-state index in [-0.39, 0.29) is 17.9 Å². The molecule has 0 spiro atoms. The highest BCUT2D eigenvalue weighted by Gasteiger charge is 2.40. The summed E-state index contributed by atoms with van der Waals surface area (Å²) in [6.07, 6.45) is 13.0. The van der Waals surface area contributed by atoms with Gasteiger partial charge in [0.05, 0.1) is 19.1 Å². The van der Waals surface area contributed by atoms with E-state index in [0.29, 0.717) is 60.3 Å². The van der Waals surface area contributed by atoms with E-state index in [2.05, 4.69) is 15.6 Å². The monoisotopic (exact) mass is 611 g/mol. The molecule has 3 heterocycles. The Labute approximate surface area is 257 Å². The minimum atomic E-state index is -0.646. The Morgan fingerprint density at radius 3 is 2.60 bits per heavy atom. The summed E-state index contributed by atoms with van der Waals surface area (Å²) in [4.78, 5) is 37.8. The second-order valence-electron chi connectivity index (χ2n) is 12.2. The number of carbonyl (C=O) groups is 2. The van der Waals surface area contributed by atoms with E-state index < -0.39 is 6.04 Å². The molecule has 2 aliphatic carbocycles. The van der Waals surface area contributed by atoms with Crippen LogP contribution in [0, 0.1) is 5.92 Å². The zero-order valence-electron chi connectivity index (χ0n) is 24.2. The van der Waals surface area contributed by atoms with Gasteiger partial charge in [0.1, 0.15) is 11.6 Å². The van der Waals surface area contributed by atoms with E-state index in [4.69, 9.17) is 16.0 Å². The first kappa shape index (κ1) is 29.5. The van der Waals surface area contributed by atoms with Gasteiger partial charge in [-0.25, -0.2) is 0 Å². The number of oxazole rings is 1. The Balaban J connectivity index is 1.23. The molecular weight excluding hydrogens is 570 g/mol. The first-order valence-corrected chi connectivity index (χ1v) is 17.0. The molecule has 1 aromatic carbocycles. The Morgan fingerprint density at radius 2 is 1.83 bits per heavy atom. The van der Waals surface area contributed by atoms with Gasteiger partial charge in [-0.1, -0.05) is 69.0 Å². The molecule has 2 saturated carbocycles. The Morgan fingerprint density at radius 1 is 1.05 bits per heavy atom. The Bertz CT molecular complexity index is 1320. The highest BCUT2D eigenvalue weighted by Crippen LogP contribution is 2.30. The fourth-order valence-electron chi connectivity index (χ4n) is 6.92. The predicted octanol–water partition coefficient (Wildman–Crippen LogP) is 6.14. The molecule has 2 aromatic heterocycles. The number of anilines is 1. The van der Waals surface area contributed by atoms with Crippen molar-refractivity contribution in [2.75, 3.05) is 24.5 Å². The van der Waals surface area contributed by atoms with Crippen LogP contribution in [0.2, 0.25) is 5.02 Å². The number of nitrogens with zero attached hydrogens (tertiary/aromatic N) is 3. The van der Waals surface area contributed by atoms with Crippen molar-refractivity contribution in [3.63, 3.8) is 0 Å². The lowest BCUT2D eigenvalue weighted by molar-refractivity contribution is -0.143. The predicted molar refractivity (Wildman–Crippen MR) is 168 cm³/mol. The molecule has 3 aromatic rings. The van der Waals surface area contributed by atoms with Crippen molar-refractivity contribution in [2.24, 2.45) is 5.92 Å². The zero-order chi connectivity index (χ0) is 28.9. The van der Waals surface area contributed by atoms with Crippen LogP contribution in [0.15, 0.2) is 40.1 Å². The summed E-state index contributed by atoms with van der Waals surface area (Å²) < 4.78 is 6.06. The molecule has 6 rings (SSSR count). The number of halogens is 1. The third-order valence-corrected chi connectivity index (χ3v) is 10.3. The maximum atomic E-state index is 14.4. The zero-order valence-corrected chi connectivity index (χ0v) is 25.8. The number of piperazine rings is 1. The van der Waals surface area contributed by atoms with E-state index in [1.807, 2.05) is 33.4 Å². The lowest BCUT2D eigenvalue weighted by Gasteiger charge is -2.42. The average molecular weight is 612 g/mol. The normalized spacial score (nSPS) is 21.5. The topological polar surface area (TPSA) is 90.7 Å². The maximum absolute atomic E-state index is 14.4. The third kappa shape index (κ3) is 7.12. The van der Waals surface area contributed by atoms with Crippen LogP contribution in [0.4, 0.5) is 6.01 Å². The van der Waals surface area contributed by atoms with Crippen LogP contribution < -0.4 is 15.5 Å². The summed E-state index contributed by atoms with van der Waals surface area (Å²) in [5.41, 5.74) is 1.33. The van der Waals surface area contributed by atoms with Gasteiger partial charge in [0.2, 0.25) is 11.8 Å². The van der Waals surface area contributed by atoms with Crippen molar-refractivity contribution in [3.05, 3.63) is 45.6 Å². The number of carbonyl (C=O) groups excluding carboxylic acids is 2. The van der Waals surface area contributed by atoms with Crippen LogP contribution in [0.3, 0.4) is 0 Å². The summed E-state index contributed by atoms with van der Waals surface area (Å²) in [6.45, 7) is 1.74. The van der Waals surface area contributed by atoms with Crippen LogP contribution in [-0.2, 0) is 16.1 Å². The van der Waals surface area contributed by atoms with E-state index in [0.717, 1.165) is 24.1 Å². The third-order valence-electron chi connectivity index (χ3n) is 9.23. The summed E-state index contributed by atoms with van der Waals surface area (Å²) in [7, 11) is 0. The number of aromatic nitrogens is 1. The van der Waals surface area contributed by atoms with Gasteiger partial charge in [0.25, 0.3) is 6.01 Å². The molecule has 3 aliphatic rings. The van der Waals surface area contributed by atoms with Crippen LogP contribution in [0.25, 0.3) is 11.1 Å². The molecule has 0 bridgehead atoms. The van der Waals surface area contributed by atoms with Gasteiger partial charge in [-0.3, -0.25) is 9.59 Å². The quantitative estimate of drug-likeness (QED) is 0.302. The second kappa shape index (κ2) is 13.8. The highest BCUT2D eigenvalue weighted by molar-refractivity contribution is 7.09. The second-order valence-corrected chi connectivity index (χ2v) is 13.7. The van der Waals surface area contributed by atoms with Gasteiger partial charge >= 0.3 is 0 Å². The molecule has 2 amide bonds. The summed E-state index contributed by atoms with van der Waals surface area (Å²) in [5.74, 6) is 0.476. The Hall–Kier alpha value is -2.62. The summed E-state index contributed by atoms with van der Waals surface area (Å²) in [6, 6.07) is 9.28. The van der Waals surface area contributed by atoms with Crippen LogP contribution in [-0.4, -0.2) is 59.5 Å². The number of amides is 2. The smallest absolute Gasteiger partial charge is 0.298 e. The number of rotatable bonds is 9. The van der Waals surface area contributed by atoms with Gasteiger partial charge in [-0.15, -0.1) is 11.3 Å². The molecule has 0 unspecified atom stereocenters. The highest BCUT2D eigenvalue weighted by atomic mass is 35.5. The van der Waals surface area contributed by atoms with E-state index in [9.17, 15) is 9.59 Å². The summed E-state index contributed by atoms with van der Waals surface area (Å²) in [5, 5.41) is 9.51. The number of thiophene rings is 1. The van der Waals surface area contributed by atoms with Gasteiger partial charge in [-0.05, 0) is 54.8 Å². The van der Waals surface area contributed by atoms with Gasteiger partial charge in [0.15, 0.2) is 5.58 Å². The molecule has 42 heavy (non-hydrogen) atoms. The fraction of sp³-hybridized carbons (Fsp3) is 0.594. The molecular formula is C32H42ClN5O3S. The molecule has 2 atom stereocenters. The van der Waals surface area contributed by atoms with Crippen LogP contribution in [0.1, 0.15) is 75.5 Å². The van der Waals surface area contributed by atoms with Gasteiger partial charge in [0, 0.05) is 29.0 Å². The number of hydrogen-bond acceptors (Lipinski definition) is 7. The standard InChI is InChI=1S/C32H42ClN5O3S/c33-23-13-14-29-26(19-23)36-32(41-29)37-15-16-38(28(21-37)30(39)34-20-25-12-7-17-42-25)31(40)27(18-22-8-3-1-4-9-22)35-24-10-5-2-6-11-24/h7,12-14,17,19,22,24,27-28,35H,1-6,8-11,15-16,18,20-21H2,(H,34,39)/t27-,28+/m1/s1. The average Bonchev–Trinajstić information content (AvgIpc) is 3.70. The largest absolute Gasteiger partial charge is 0.423 e. The lowest BCUT2D eigenvalue weighted by atomic mass is 9.83. The molecule has 0 radical (unpaired) electrons. The number of benzene rings is 1. The Kier molecular flexibility index (Phi) is 9.66. The fourth-order valence-corrected chi connectivity index (χ4v) is 7.73. The molecule has 8 nitrogen and oxygen atoms in total. The first-order chi connectivity index (χ1) is 20.5. The first-order valence-electron chi connectivity index (χ1n) is 15.7. The van der Waals surface area contributed by atoms with E-state index in [1.54, 1.807) is 23.5 Å².